The van der Waals surface area contributed by atoms with Crippen LogP contribution in [0.1, 0.15) is 16.2 Å². The Bertz CT molecular complexity index is 1210. The smallest absolute Gasteiger partial charge is 0.326 e. The van der Waals surface area contributed by atoms with Gasteiger partial charge in [0.15, 0.2) is 5.82 Å². The molecule has 8 nitrogen and oxygen atoms in total. The van der Waals surface area contributed by atoms with Crippen LogP contribution in [0.2, 0.25) is 0 Å². The van der Waals surface area contributed by atoms with Gasteiger partial charge in [-0.25, -0.2) is 9.18 Å². The van der Waals surface area contributed by atoms with Crippen molar-refractivity contribution in [2.24, 2.45) is 7.05 Å². The number of halogens is 1. The van der Waals surface area contributed by atoms with Crippen LogP contribution in [0, 0.1) is 5.82 Å². The Balaban J connectivity index is 1.48. The van der Waals surface area contributed by atoms with Gasteiger partial charge in [-0.1, -0.05) is 17.3 Å². The first kappa shape index (κ1) is 16.7. The number of carbonyl (C=O) groups is 1. The molecule has 0 aliphatic rings. The molecular formula is C18H14FN5O3. The number of nitrogens with one attached hydrogen (secondary N) is 2. The molecule has 4 aromatic rings. The SMILES string of the molecule is Cn1c(=O)[nH]c2cc(C(=O)NCc3noc(-c4ccccc4F)n3)ccc21. The normalized spacial score (nSPS) is 11.0. The lowest BCUT2D eigenvalue weighted by Gasteiger charge is -2.03. The Hall–Kier alpha value is -3.75. The van der Waals surface area contributed by atoms with Crippen molar-refractivity contribution in [3.05, 3.63) is 70.2 Å². The first-order valence-electron chi connectivity index (χ1n) is 8.07. The van der Waals surface area contributed by atoms with Crippen LogP contribution < -0.4 is 11.0 Å². The lowest BCUT2D eigenvalue weighted by atomic mass is 10.2. The number of carbonyl (C=O) groups excluding carboxylic acids is 1. The minimum atomic E-state index is -0.470. The quantitative estimate of drug-likeness (QED) is 0.574. The number of hydrogen-bond donors (Lipinski definition) is 2. The Morgan fingerprint density at radius 1 is 1.30 bits per heavy atom. The Kier molecular flexibility index (Phi) is 4.03. The second-order valence-electron chi connectivity index (χ2n) is 5.90. The zero-order valence-corrected chi connectivity index (χ0v) is 14.2. The standard InChI is InChI=1S/C18H14FN5O3/c1-24-14-7-6-10(8-13(14)21-18(24)26)16(25)20-9-15-22-17(27-23-15)11-4-2-3-5-12(11)19/h2-8H,9H2,1H3,(H,20,25)(H,21,26). The summed E-state index contributed by atoms with van der Waals surface area (Å²) in [6, 6.07) is 10.9. The van der Waals surface area contributed by atoms with Gasteiger partial charge in [0.25, 0.3) is 11.8 Å². The number of fused-ring (bicyclic) bond motifs is 1. The summed E-state index contributed by atoms with van der Waals surface area (Å²) in [6.07, 6.45) is 0. The molecule has 0 radical (unpaired) electrons. The molecule has 2 N–H and O–H groups in total. The van der Waals surface area contributed by atoms with Crippen molar-refractivity contribution in [3.8, 4) is 11.5 Å². The molecular weight excluding hydrogens is 353 g/mol. The van der Waals surface area contributed by atoms with Crippen molar-refractivity contribution >= 4 is 16.9 Å². The van der Waals surface area contributed by atoms with Crippen LogP contribution in [0.5, 0.6) is 0 Å². The molecule has 2 heterocycles. The van der Waals surface area contributed by atoms with E-state index < -0.39 is 5.82 Å². The van der Waals surface area contributed by atoms with Crippen LogP contribution in [0.25, 0.3) is 22.5 Å². The predicted molar refractivity (Wildman–Crippen MR) is 94.4 cm³/mol. The summed E-state index contributed by atoms with van der Waals surface area (Å²) in [5.74, 6) is -0.572. The van der Waals surface area contributed by atoms with Gasteiger partial charge in [0, 0.05) is 12.6 Å². The van der Waals surface area contributed by atoms with Crippen LogP contribution in [-0.4, -0.2) is 25.6 Å². The van der Waals surface area contributed by atoms with E-state index in [1.54, 1.807) is 37.4 Å². The third kappa shape index (κ3) is 3.10. The number of hydrogen-bond acceptors (Lipinski definition) is 5. The molecule has 2 aromatic carbocycles. The highest BCUT2D eigenvalue weighted by molar-refractivity contribution is 5.97. The highest BCUT2D eigenvalue weighted by Crippen LogP contribution is 2.20. The highest BCUT2D eigenvalue weighted by atomic mass is 19.1. The number of benzene rings is 2. The average Bonchev–Trinajstić information content (AvgIpc) is 3.25. The van der Waals surface area contributed by atoms with Crippen LogP contribution >= 0.6 is 0 Å². The van der Waals surface area contributed by atoms with E-state index in [4.69, 9.17) is 4.52 Å². The Labute approximate surface area is 151 Å². The molecule has 27 heavy (non-hydrogen) atoms. The van der Waals surface area contributed by atoms with E-state index in [-0.39, 0.29) is 35.4 Å². The second-order valence-corrected chi connectivity index (χ2v) is 5.90. The highest BCUT2D eigenvalue weighted by Gasteiger charge is 2.14. The topological polar surface area (TPSA) is 106 Å². The van der Waals surface area contributed by atoms with Gasteiger partial charge in [0.1, 0.15) is 5.82 Å². The molecule has 0 atom stereocenters. The van der Waals surface area contributed by atoms with Crippen LogP contribution in [0.4, 0.5) is 4.39 Å². The molecule has 136 valence electrons. The number of H-pyrrole nitrogens is 1. The number of aryl methyl sites for hydroxylation is 1. The predicted octanol–water partition coefficient (Wildman–Crippen LogP) is 1.99. The van der Waals surface area contributed by atoms with Crippen molar-refractivity contribution < 1.29 is 13.7 Å². The van der Waals surface area contributed by atoms with Gasteiger partial charge in [-0.15, -0.1) is 0 Å². The fourth-order valence-corrected chi connectivity index (χ4v) is 2.71. The van der Waals surface area contributed by atoms with Gasteiger partial charge in [0.05, 0.1) is 23.1 Å². The fourth-order valence-electron chi connectivity index (χ4n) is 2.71. The lowest BCUT2D eigenvalue weighted by Crippen LogP contribution is -2.23. The maximum atomic E-state index is 13.8. The van der Waals surface area contributed by atoms with Crippen molar-refractivity contribution in [1.29, 1.82) is 0 Å². The fraction of sp³-hybridized carbons (Fsp3) is 0.111. The molecule has 0 saturated carbocycles. The van der Waals surface area contributed by atoms with E-state index in [9.17, 15) is 14.0 Å². The van der Waals surface area contributed by atoms with E-state index in [1.165, 1.54) is 16.7 Å². The van der Waals surface area contributed by atoms with Crippen molar-refractivity contribution in [2.75, 3.05) is 0 Å². The second kappa shape index (κ2) is 6.52. The molecule has 0 bridgehead atoms. The molecule has 2 aromatic heterocycles. The summed E-state index contributed by atoms with van der Waals surface area (Å²) in [6.45, 7) is 0.0140. The van der Waals surface area contributed by atoms with Gasteiger partial charge in [-0.2, -0.15) is 4.98 Å². The number of imidazole rings is 1. The van der Waals surface area contributed by atoms with Crippen LogP contribution in [0.15, 0.2) is 51.8 Å². The number of amides is 1. The molecule has 1 amide bonds. The summed E-state index contributed by atoms with van der Waals surface area (Å²) < 4.78 is 20.3. The van der Waals surface area contributed by atoms with Gasteiger partial charge in [-0.05, 0) is 30.3 Å². The molecule has 0 aliphatic heterocycles. The van der Waals surface area contributed by atoms with E-state index in [0.29, 0.717) is 16.6 Å². The van der Waals surface area contributed by atoms with Crippen molar-refractivity contribution in [3.63, 3.8) is 0 Å². The van der Waals surface area contributed by atoms with E-state index in [2.05, 4.69) is 20.4 Å². The number of aromatic nitrogens is 4. The van der Waals surface area contributed by atoms with Gasteiger partial charge in [0.2, 0.25) is 0 Å². The largest absolute Gasteiger partial charge is 0.345 e. The monoisotopic (exact) mass is 367 g/mol. The minimum Gasteiger partial charge on any atom is -0.345 e. The molecule has 0 fully saturated rings. The summed E-state index contributed by atoms with van der Waals surface area (Å²) in [5, 5.41) is 6.41. The summed E-state index contributed by atoms with van der Waals surface area (Å²) in [4.78, 5) is 30.7. The van der Waals surface area contributed by atoms with Gasteiger partial charge < -0.3 is 14.8 Å². The van der Waals surface area contributed by atoms with Gasteiger partial charge >= 0.3 is 5.69 Å². The summed E-state index contributed by atoms with van der Waals surface area (Å²) in [7, 11) is 1.64. The average molecular weight is 367 g/mol. The molecule has 0 saturated heterocycles. The van der Waals surface area contributed by atoms with E-state index >= 15 is 0 Å². The Morgan fingerprint density at radius 2 is 2.11 bits per heavy atom. The van der Waals surface area contributed by atoms with E-state index in [0.717, 1.165) is 0 Å². The lowest BCUT2D eigenvalue weighted by molar-refractivity contribution is 0.0949. The third-order valence-electron chi connectivity index (χ3n) is 4.15. The zero-order chi connectivity index (χ0) is 19.0. The maximum Gasteiger partial charge on any atom is 0.326 e. The van der Waals surface area contributed by atoms with E-state index in [1.807, 2.05) is 0 Å². The molecule has 0 spiro atoms. The first-order valence-corrected chi connectivity index (χ1v) is 8.07. The van der Waals surface area contributed by atoms with Crippen LogP contribution in [0.3, 0.4) is 0 Å². The molecule has 0 aliphatic carbocycles. The van der Waals surface area contributed by atoms with Crippen LogP contribution in [-0.2, 0) is 13.6 Å². The summed E-state index contributed by atoms with van der Waals surface area (Å²) in [5.41, 5.74) is 1.58. The van der Waals surface area contributed by atoms with Crippen molar-refractivity contribution in [1.82, 2.24) is 25.0 Å². The third-order valence-corrected chi connectivity index (χ3v) is 4.15. The maximum absolute atomic E-state index is 13.8. The Morgan fingerprint density at radius 3 is 2.93 bits per heavy atom. The van der Waals surface area contributed by atoms with Crippen molar-refractivity contribution in [2.45, 2.75) is 6.54 Å². The van der Waals surface area contributed by atoms with Gasteiger partial charge in [-0.3, -0.25) is 9.36 Å². The molecule has 0 unspecified atom stereocenters. The first-order chi connectivity index (χ1) is 13.0. The summed E-state index contributed by atoms with van der Waals surface area (Å²) >= 11 is 0. The number of nitrogens with zero attached hydrogens (tertiary/aromatic N) is 3. The zero-order valence-electron chi connectivity index (χ0n) is 14.2. The number of aromatic amines is 1. The minimum absolute atomic E-state index is 0.0140. The molecule has 4 rings (SSSR count). The number of rotatable bonds is 4. The molecule has 9 heteroatoms.